The molecule has 0 aliphatic heterocycles. The molecule has 0 radical (unpaired) electrons. The Labute approximate surface area is 149 Å². The van der Waals surface area contributed by atoms with E-state index in [4.69, 9.17) is 9.47 Å². The summed E-state index contributed by atoms with van der Waals surface area (Å²) in [5.41, 5.74) is 0.939. The third-order valence-corrected chi connectivity index (χ3v) is 3.15. The van der Waals surface area contributed by atoms with Crippen LogP contribution in [-0.4, -0.2) is 30.7 Å². The van der Waals surface area contributed by atoms with E-state index in [-0.39, 0.29) is 18.3 Å². The number of nitrogens with zero attached hydrogens (tertiary/aromatic N) is 2. The van der Waals surface area contributed by atoms with Crippen LogP contribution in [-0.2, 0) is 4.74 Å². The second-order valence-corrected chi connectivity index (χ2v) is 4.91. The zero-order valence-electron chi connectivity index (χ0n) is 14.3. The zero-order valence-corrected chi connectivity index (χ0v) is 14.3. The van der Waals surface area contributed by atoms with Gasteiger partial charge in [-0.2, -0.15) is 0 Å². The maximum atomic E-state index is 11.8. The van der Waals surface area contributed by atoms with E-state index in [9.17, 15) is 14.9 Å². The van der Waals surface area contributed by atoms with E-state index < -0.39 is 11.0 Å². The molecule has 2 rings (SSSR count). The van der Waals surface area contributed by atoms with Crippen LogP contribution in [0.4, 0.5) is 21.9 Å². The number of ether oxygens (including phenoxy) is 2. The van der Waals surface area contributed by atoms with Gasteiger partial charge in [-0.1, -0.05) is 12.1 Å². The first-order valence-electron chi connectivity index (χ1n) is 7.70. The highest BCUT2D eigenvalue weighted by Gasteiger charge is 2.10. The first-order chi connectivity index (χ1) is 12.5. The van der Waals surface area contributed by atoms with Crippen molar-refractivity contribution < 1.29 is 19.2 Å². The number of methoxy groups -OCH3 is 1. The molecule has 9 heteroatoms. The predicted octanol–water partition coefficient (Wildman–Crippen LogP) is 3.45. The van der Waals surface area contributed by atoms with Crippen molar-refractivity contribution >= 4 is 29.1 Å². The Morgan fingerprint density at radius 1 is 1.19 bits per heavy atom. The summed E-state index contributed by atoms with van der Waals surface area (Å²) in [6.45, 7) is 1.88. The van der Waals surface area contributed by atoms with Crippen LogP contribution in [0.3, 0.4) is 0 Å². The van der Waals surface area contributed by atoms with Crippen molar-refractivity contribution in [1.82, 2.24) is 5.32 Å². The molecule has 2 N–H and O–H groups in total. The monoisotopic (exact) mass is 358 g/mol. The molecule has 2 aromatic carbocycles. The third-order valence-electron chi connectivity index (χ3n) is 3.15. The van der Waals surface area contributed by atoms with E-state index in [0.29, 0.717) is 17.1 Å². The van der Waals surface area contributed by atoms with Crippen LogP contribution in [0.15, 0.2) is 53.5 Å². The van der Waals surface area contributed by atoms with Crippen molar-refractivity contribution in [1.29, 1.82) is 0 Å². The van der Waals surface area contributed by atoms with Gasteiger partial charge in [0.1, 0.15) is 11.4 Å². The Morgan fingerprint density at radius 3 is 2.50 bits per heavy atom. The molecule has 0 unspecified atom stereocenters. The average Bonchev–Trinajstić information content (AvgIpc) is 2.62. The second kappa shape index (κ2) is 9.02. The number of guanidine groups is 1. The molecule has 2 aromatic rings. The lowest BCUT2D eigenvalue weighted by atomic mass is 10.3. The number of alkyl carbamates (subject to hydrolysis) is 1. The van der Waals surface area contributed by atoms with Crippen molar-refractivity contribution in [3.8, 4) is 5.75 Å². The topological polar surface area (TPSA) is 115 Å². The van der Waals surface area contributed by atoms with Gasteiger partial charge >= 0.3 is 6.09 Å². The highest BCUT2D eigenvalue weighted by molar-refractivity contribution is 6.03. The number of nitro benzene ring substituents is 1. The molecule has 0 saturated heterocycles. The molecule has 0 aromatic heterocycles. The number of hydrogen-bond acceptors (Lipinski definition) is 6. The van der Waals surface area contributed by atoms with Gasteiger partial charge in [0.15, 0.2) is 0 Å². The van der Waals surface area contributed by atoms with E-state index in [0.717, 1.165) is 0 Å². The van der Waals surface area contributed by atoms with E-state index in [1.165, 1.54) is 31.4 Å². The number of nitrogens with one attached hydrogen (secondary N) is 2. The van der Waals surface area contributed by atoms with Gasteiger partial charge in [0.05, 0.1) is 18.6 Å². The Balaban J connectivity index is 2.29. The van der Waals surface area contributed by atoms with Gasteiger partial charge in [0.2, 0.25) is 5.96 Å². The van der Waals surface area contributed by atoms with Gasteiger partial charge in [0.25, 0.3) is 5.69 Å². The number of carbonyl (C=O) groups excluding carboxylic acids is 1. The van der Waals surface area contributed by atoms with Crippen LogP contribution in [0.5, 0.6) is 5.75 Å². The molecule has 136 valence electrons. The van der Waals surface area contributed by atoms with E-state index in [1.54, 1.807) is 31.2 Å². The van der Waals surface area contributed by atoms with Crippen molar-refractivity contribution in [2.45, 2.75) is 6.92 Å². The lowest BCUT2D eigenvalue weighted by molar-refractivity contribution is -0.384. The minimum atomic E-state index is -0.685. The molecular weight excluding hydrogens is 340 g/mol. The van der Waals surface area contributed by atoms with E-state index in [2.05, 4.69) is 15.6 Å². The van der Waals surface area contributed by atoms with E-state index >= 15 is 0 Å². The maximum Gasteiger partial charge on any atom is 0.413 e. The fourth-order valence-electron chi connectivity index (χ4n) is 2.00. The zero-order chi connectivity index (χ0) is 18.9. The van der Waals surface area contributed by atoms with Crippen molar-refractivity contribution in [2.75, 3.05) is 19.0 Å². The van der Waals surface area contributed by atoms with Crippen molar-refractivity contribution in [3.05, 3.63) is 58.6 Å². The number of anilines is 1. The van der Waals surface area contributed by atoms with Crippen LogP contribution in [0.25, 0.3) is 0 Å². The number of nitro groups is 1. The first-order valence-corrected chi connectivity index (χ1v) is 7.70. The van der Waals surface area contributed by atoms with Crippen LogP contribution >= 0.6 is 0 Å². The first kappa shape index (κ1) is 18.7. The molecule has 0 spiro atoms. The number of benzene rings is 2. The lowest BCUT2D eigenvalue weighted by Crippen LogP contribution is -2.36. The number of amides is 1. The van der Waals surface area contributed by atoms with Gasteiger partial charge in [-0.15, -0.1) is 0 Å². The van der Waals surface area contributed by atoms with Gasteiger partial charge in [0, 0.05) is 17.8 Å². The van der Waals surface area contributed by atoms with Gasteiger partial charge in [-0.25, -0.2) is 9.79 Å². The highest BCUT2D eigenvalue weighted by Crippen LogP contribution is 2.26. The van der Waals surface area contributed by atoms with Crippen LogP contribution in [0.2, 0.25) is 0 Å². The summed E-state index contributed by atoms with van der Waals surface area (Å²) >= 11 is 0. The van der Waals surface area contributed by atoms with Crippen LogP contribution in [0, 0.1) is 10.1 Å². The quantitative estimate of drug-likeness (QED) is 0.366. The molecular formula is C17H18N4O5. The fourth-order valence-corrected chi connectivity index (χ4v) is 2.00. The number of non-ortho nitro benzene ring substituents is 1. The summed E-state index contributed by atoms with van der Waals surface area (Å²) in [5.74, 6) is 0.600. The van der Waals surface area contributed by atoms with Gasteiger partial charge in [-0.05, 0) is 31.2 Å². The summed E-state index contributed by atoms with van der Waals surface area (Å²) in [4.78, 5) is 26.3. The average molecular weight is 358 g/mol. The smallest absolute Gasteiger partial charge is 0.413 e. The van der Waals surface area contributed by atoms with E-state index in [1.807, 2.05) is 0 Å². The number of rotatable bonds is 5. The van der Waals surface area contributed by atoms with Crippen molar-refractivity contribution in [2.24, 2.45) is 4.99 Å². The number of hydrogen-bond donors (Lipinski definition) is 2. The molecule has 0 aliphatic carbocycles. The SMILES string of the molecule is CCOC(=O)NC(=Nc1ccccc1OC)Nc1ccc([N+](=O)[O-])cc1. The Hall–Kier alpha value is -3.62. The molecule has 0 aliphatic rings. The minimum absolute atomic E-state index is 0.0443. The molecule has 0 bridgehead atoms. The lowest BCUT2D eigenvalue weighted by Gasteiger charge is -2.12. The molecule has 0 heterocycles. The summed E-state index contributed by atoms with van der Waals surface area (Å²) in [6.07, 6.45) is -0.685. The summed E-state index contributed by atoms with van der Waals surface area (Å²) in [5, 5.41) is 16.1. The van der Waals surface area contributed by atoms with Crippen molar-refractivity contribution in [3.63, 3.8) is 0 Å². The van der Waals surface area contributed by atoms with Crippen LogP contribution < -0.4 is 15.4 Å². The molecule has 0 fully saturated rings. The molecule has 0 atom stereocenters. The Kier molecular flexibility index (Phi) is 6.49. The third kappa shape index (κ3) is 5.20. The van der Waals surface area contributed by atoms with Gasteiger partial charge in [-0.3, -0.25) is 15.4 Å². The normalized spacial score (nSPS) is 10.8. The maximum absolute atomic E-state index is 11.8. The minimum Gasteiger partial charge on any atom is -0.494 e. The fraction of sp³-hybridized carbons (Fsp3) is 0.176. The molecule has 0 saturated carbocycles. The largest absolute Gasteiger partial charge is 0.494 e. The molecule has 9 nitrogen and oxygen atoms in total. The summed E-state index contributed by atoms with van der Waals surface area (Å²) < 4.78 is 10.1. The van der Waals surface area contributed by atoms with Crippen LogP contribution in [0.1, 0.15) is 6.92 Å². The Morgan fingerprint density at radius 2 is 1.88 bits per heavy atom. The molecule has 1 amide bonds. The highest BCUT2D eigenvalue weighted by atomic mass is 16.6. The summed E-state index contributed by atoms with van der Waals surface area (Å²) in [7, 11) is 1.51. The predicted molar refractivity (Wildman–Crippen MR) is 97.0 cm³/mol. The van der Waals surface area contributed by atoms with Gasteiger partial charge < -0.3 is 14.8 Å². The molecule has 26 heavy (non-hydrogen) atoms. The number of aliphatic imine (C=N–C) groups is 1. The summed E-state index contributed by atoms with van der Waals surface area (Å²) in [6, 6.07) is 12.7. The number of para-hydroxylation sites is 2. The second-order valence-electron chi connectivity index (χ2n) is 4.91. The Bertz CT molecular complexity index is 805. The number of carbonyl (C=O) groups is 1. The standard InChI is InChI=1S/C17H18N4O5/c1-3-26-17(22)20-16(19-14-6-4-5-7-15(14)25-2)18-12-8-10-13(11-9-12)21(23)24/h4-11H,3H2,1-2H3,(H2,18,19,20,22).